The van der Waals surface area contributed by atoms with Crippen LogP contribution in [0.3, 0.4) is 0 Å². The monoisotopic (exact) mass is 417 g/mol. The fourth-order valence-electron chi connectivity index (χ4n) is 2.41. The number of carbonyl (C=O) groups excluding carboxylic acids is 2. The SMILES string of the molecule is COC(=O)CC(NC(=O)/C=C/c1ccccc1OC)c1cccc(Br)c1. The third-order valence-corrected chi connectivity index (χ3v) is 4.21. The molecule has 1 unspecified atom stereocenters. The lowest BCUT2D eigenvalue weighted by Gasteiger charge is -2.17. The Kier molecular flexibility index (Phi) is 7.41. The Morgan fingerprint density at radius 3 is 2.62 bits per heavy atom. The molecule has 0 aromatic heterocycles. The van der Waals surface area contributed by atoms with Gasteiger partial charge in [0.05, 0.1) is 26.7 Å². The number of nitrogens with one attached hydrogen (secondary N) is 1. The van der Waals surface area contributed by atoms with Gasteiger partial charge in [0.25, 0.3) is 0 Å². The van der Waals surface area contributed by atoms with Crippen LogP contribution in [0.4, 0.5) is 0 Å². The third-order valence-electron chi connectivity index (χ3n) is 3.72. The van der Waals surface area contributed by atoms with E-state index < -0.39 is 12.0 Å². The van der Waals surface area contributed by atoms with Crippen LogP contribution in [0.1, 0.15) is 23.6 Å². The summed E-state index contributed by atoms with van der Waals surface area (Å²) >= 11 is 3.40. The van der Waals surface area contributed by atoms with Crippen molar-refractivity contribution in [1.82, 2.24) is 5.32 Å². The summed E-state index contributed by atoms with van der Waals surface area (Å²) in [5.74, 6) is -0.0385. The summed E-state index contributed by atoms with van der Waals surface area (Å²) in [6, 6.07) is 14.3. The zero-order valence-corrected chi connectivity index (χ0v) is 16.2. The number of methoxy groups -OCH3 is 2. The Morgan fingerprint density at radius 2 is 1.92 bits per heavy atom. The number of para-hydroxylation sites is 1. The van der Waals surface area contributed by atoms with Crippen LogP contribution >= 0.6 is 15.9 Å². The van der Waals surface area contributed by atoms with Gasteiger partial charge in [-0.05, 0) is 29.8 Å². The summed E-state index contributed by atoms with van der Waals surface area (Å²) in [7, 11) is 2.90. The molecular formula is C20H20BrNO4. The molecule has 0 spiro atoms. The number of hydrogen-bond donors (Lipinski definition) is 1. The number of esters is 1. The Hall–Kier alpha value is -2.60. The van der Waals surface area contributed by atoms with Crippen LogP contribution in [0.25, 0.3) is 6.08 Å². The van der Waals surface area contributed by atoms with Crippen LogP contribution in [0.15, 0.2) is 59.1 Å². The average Bonchev–Trinajstić information content (AvgIpc) is 2.65. The first kappa shape index (κ1) is 19.7. The van der Waals surface area contributed by atoms with E-state index in [1.165, 1.54) is 13.2 Å². The minimum Gasteiger partial charge on any atom is -0.496 e. The lowest BCUT2D eigenvalue weighted by molar-refractivity contribution is -0.141. The van der Waals surface area contributed by atoms with E-state index in [2.05, 4.69) is 21.2 Å². The van der Waals surface area contributed by atoms with Crippen molar-refractivity contribution in [2.45, 2.75) is 12.5 Å². The van der Waals surface area contributed by atoms with Gasteiger partial charge in [0.2, 0.25) is 5.91 Å². The molecule has 0 saturated heterocycles. The van der Waals surface area contributed by atoms with Crippen LogP contribution in [-0.4, -0.2) is 26.1 Å². The van der Waals surface area contributed by atoms with Crippen LogP contribution in [0.2, 0.25) is 0 Å². The second kappa shape index (κ2) is 9.77. The molecule has 0 fully saturated rings. The summed E-state index contributed by atoms with van der Waals surface area (Å²) in [5.41, 5.74) is 1.60. The smallest absolute Gasteiger partial charge is 0.307 e. The Morgan fingerprint density at radius 1 is 1.15 bits per heavy atom. The maximum Gasteiger partial charge on any atom is 0.307 e. The molecule has 0 aliphatic carbocycles. The molecule has 2 rings (SSSR count). The van der Waals surface area contributed by atoms with E-state index in [1.807, 2.05) is 48.5 Å². The van der Waals surface area contributed by atoms with Gasteiger partial charge in [-0.3, -0.25) is 9.59 Å². The molecule has 2 aromatic carbocycles. The topological polar surface area (TPSA) is 64.6 Å². The van der Waals surface area contributed by atoms with Gasteiger partial charge >= 0.3 is 5.97 Å². The molecule has 0 saturated carbocycles. The fraction of sp³-hybridized carbons (Fsp3) is 0.200. The normalized spacial score (nSPS) is 11.8. The van der Waals surface area contributed by atoms with Gasteiger partial charge in [0.1, 0.15) is 5.75 Å². The van der Waals surface area contributed by atoms with Gasteiger partial charge in [-0.2, -0.15) is 0 Å². The summed E-state index contributed by atoms with van der Waals surface area (Å²) in [6.45, 7) is 0. The number of amides is 1. The highest BCUT2D eigenvalue weighted by Crippen LogP contribution is 2.22. The second-order valence-corrected chi connectivity index (χ2v) is 6.39. The van der Waals surface area contributed by atoms with Gasteiger partial charge in [0, 0.05) is 16.1 Å². The van der Waals surface area contributed by atoms with Crippen LogP contribution in [0.5, 0.6) is 5.75 Å². The van der Waals surface area contributed by atoms with Crippen molar-refractivity contribution in [3.8, 4) is 5.75 Å². The maximum absolute atomic E-state index is 12.4. The van der Waals surface area contributed by atoms with Crippen molar-refractivity contribution in [2.24, 2.45) is 0 Å². The van der Waals surface area contributed by atoms with Crippen molar-refractivity contribution in [2.75, 3.05) is 14.2 Å². The minimum atomic E-state index is -0.491. The van der Waals surface area contributed by atoms with Crippen molar-refractivity contribution >= 4 is 33.9 Å². The molecule has 5 nitrogen and oxygen atoms in total. The van der Waals surface area contributed by atoms with Crippen molar-refractivity contribution in [3.05, 3.63) is 70.2 Å². The Bertz CT molecular complexity index is 804. The first-order chi connectivity index (χ1) is 12.5. The highest BCUT2D eigenvalue weighted by Gasteiger charge is 2.18. The van der Waals surface area contributed by atoms with E-state index in [9.17, 15) is 9.59 Å². The zero-order chi connectivity index (χ0) is 18.9. The van der Waals surface area contributed by atoms with Gasteiger partial charge < -0.3 is 14.8 Å². The molecule has 1 atom stereocenters. The molecule has 26 heavy (non-hydrogen) atoms. The molecule has 136 valence electrons. The predicted octanol–water partition coefficient (Wildman–Crippen LogP) is 3.89. The quantitative estimate of drug-likeness (QED) is 0.548. The lowest BCUT2D eigenvalue weighted by Crippen LogP contribution is -2.29. The van der Waals surface area contributed by atoms with Gasteiger partial charge in [-0.15, -0.1) is 0 Å². The highest BCUT2D eigenvalue weighted by molar-refractivity contribution is 9.10. The zero-order valence-electron chi connectivity index (χ0n) is 14.6. The first-order valence-electron chi connectivity index (χ1n) is 7.97. The number of ether oxygens (including phenoxy) is 2. The standard InChI is InChI=1S/C20H20BrNO4/c1-25-18-9-4-3-6-14(18)10-11-19(23)22-17(13-20(24)26-2)15-7-5-8-16(21)12-15/h3-12,17H,13H2,1-2H3,(H,22,23)/b11-10+. The molecule has 0 aliphatic rings. The van der Waals surface area contributed by atoms with Crippen LogP contribution in [-0.2, 0) is 14.3 Å². The predicted molar refractivity (Wildman–Crippen MR) is 104 cm³/mol. The third kappa shape index (κ3) is 5.74. The molecular weight excluding hydrogens is 398 g/mol. The summed E-state index contributed by atoms with van der Waals surface area (Å²) in [5, 5.41) is 2.85. The van der Waals surface area contributed by atoms with Crippen molar-refractivity contribution in [3.63, 3.8) is 0 Å². The average molecular weight is 418 g/mol. The molecule has 6 heteroatoms. The molecule has 1 N–H and O–H groups in total. The van der Waals surface area contributed by atoms with Crippen LogP contribution < -0.4 is 10.1 Å². The van der Waals surface area contributed by atoms with E-state index in [0.717, 1.165) is 15.6 Å². The Balaban J connectivity index is 2.15. The first-order valence-corrected chi connectivity index (χ1v) is 8.76. The minimum absolute atomic E-state index is 0.0428. The number of halogens is 1. The van der Waals surface area contributed by atoms with E-state index in [-0.39, 0.29) is 12.3 Å². The highest BCUT2D eigenvalue weighted by atomic mass is 79.9. The molecule has 2 aromatic rings. The van der Waals surface area contributed by atoms with Gasteiger partial charge in [-0.1, -0.05) is 46.3 Å². The number of rotatable bonds is 7. The molecule has 0 heterocycles. The maximum atomic E-state index is 12.4. The number of benzene rings is 2. The molecule has 1 amide bonds. The van der Waals surface area contributed by atoms with E-state index in [0.29, 0.717) is 5.75 Å². The van der Waals surface area contributed by atoms with Crippen molar-refractivity contribution < 1.29 is 19.1 Å². The number of hydrogen-bond acceptors (Lipinski definition) is 4. The number of carbonyl (C=O) groups is 2. The largest absolute Gasteiger partial charge is 0.496 e. The van der Waals surface area contributed by atoms with Gasteiger partial charge in [-0.25, -0.2) is 0 Å². The lowest BCUT2D eigenvalue weighted by atomic mass is 10.0. The van der Waals surface area contributed by atoms with E-state index >= 15 is 0 Å². The summed E-state index contributed by atoms with van der Waals surface area (Å²) in [6.07, 6.45) is 3.13. The second-order valence-electron chi connectivity index (χ2n) is 5.47. The molecule has 0 aliphatic heterocycles. The van der Waals surface area contributed by atoms with E-state index in [4.69, 9.17) is 9.47 Å². The summed E-state index contributed by atoms with van der Waals surface area (Å²) < 4.78 is 10.9. The van der Waals surface area contributed by atoms with Gasteiger partial charge in [0.15, 0.2) is 0 Å². The molecule has 0 bridgehead atoms. The summed E-state index contributed by atoms with van der Waals surface area (Å²) in [4.78, 5) is 24.1. The molecule has 0 radical (unpaired) electrons. The Labute approximate surface area is 161 Å². The van der Waals surface area contributed by atoms with Crippen molar-refractivity contribution in [1.29, 1.82) is 0 Å². The van der Waals surface area contributed by atoms with E-state index in [1.54, 1.807) is 13.2 Å². The van der Waals surface area contributed by atoms with Crippen LogP contribution in [0, 0.1) is 0 Å². The fourth-order valence-corrected chi connectivity index (χ4v) is 2.83.